The lowest BCUT2D eigenvalue weighted by Gasteiger charge is -2.40. The molecule has 2 aliphatic heterocycles. The van der Waals surface area contributed by atoms with Crippen LogP contribution in [0.25, 0.3) is 0 Å². The van der Waals surface area contributed by atoms with Crippen LogP contribution in [0.3, 0.4) is 0 Å². The molecule has 0 spiro atoms. The summed E-state index contributed by atoms with van der Waals surface area (Å²) in [4.78, 5) is 38.4. The molecule has 0 aromatic heterocycles. The van der Waals surface area contributed by atoms with Crippen LogP contribution in [0.1, 0.15) is 39.5 Å². The van der Waals surface area contributed by atoms with Crippen LogP contribution in [0.5, 0.6) is 0 Å². The second kappa shape index (κ2) is 7.85. The highest BCUT2D eigenvalue weighted by molar-refractivity contribution is 5.92. The lowest BCUT2D eigenvalue weighted by atomic mass is 10.0. The molecule has 23 heavy (non-hydrogen) atoms. The molecule has 2 saturated heterocycles. The predicted octanol–water partition coefficient (Wildman–Crippen LogP) is -0.825. The highest BCUT2D eigenvalue weighted by atomic mass is 16.2. The Balaban J connectivity index is 2.09. The summed E-state index contributed by atoms with van der Waals surface area (Å²) in [6.45, 7) is 4.67. The van der Waals surface area contributed by atoms with Gasteiger partial charge in [0.15, 0.2) is 5.78 Å². The van der Waals surface area contributed by atoms with Gasteiger partial charge in [-0.2, -0.15) is 0 Å². The smallest absolute Gasteiger partial charge is 0.255 e. The molecule has 8 heteroatoms. The van der Waals surface area contributed by atoms with Crippen molar-refractivity contribution >= 4 is 17.6 Å². The summed E-state index contributed by atoms with van der Waals surface area (Å²) in [5.41, 5.74) is 9.03. The van der Waals surface area contributed by atoms with E-state index in [-0.39, 0.29) is 23.6 Å². The van der Waals surface area contributed by atoms with Crippen LogP contribution in [0.15, 0.2) is 0 Å². The van der Waals surface area contributed by atoms with E-state index in [0.29, 0.717) is 13.0 Å². The van der Waals surface area contributed by atoms with Gasteiger partial charge < -0.3 is 4.90 Å². The largest absolute Gasteiger partial charge is 0.334 e. The molecule has 2 aliphatic rings. The van der Waals surface area contributed by atoms with Gasteiger partial charge in [0.2, 0.25) is 5.91 Å². The fourth-order valence-corrected chi connectivity index (χ4v) is 2.91. The Labute approximate surface area is 136 Å². The monoisotopic (exact) mass is 325 g/mol. The number of hydrazine groups is 2. The maximum absolute atomic E-state index is 12.7. The third-order valence-electron chi connectivity index (χ3n) is 4.66. The second-order valence-electron chi connectivity index (χ2n) is 6.28. The number of rotatable bonds is 4. The van der Waals surface area contributed by atoms with E-state index in [4.69, 9.17) is 0 Å². The zero-order valence-corrected chi connectivity index (χ0v) is 14.1. The van der Waals surface area contributed by atoms with Crippen molar-refractivity contribution in [2.24, 2.45) is 0 Å². The fraction of sp³-hybridized carbons (Fsp3) is 0.800. The van der Waals surface area contributed by atoms with Crippen LogP contribution in [0.2, 0.25) is 0 Å². The summed E-state index contributed by atoms with van der Waals surface area (Å²) in [7, 11) is 1.62. The van der Waals surface area contributed by atoms with Crippen molar-refractivity contribution in [1.29, 1.82) is 0 Å². The normalized spacial score (nSPS) is 26.5. The Morgan fingerprint density at radius 1 is 1.17 bits per heavy atom. The number of Topliss-reactive ketones (excluding diaryl/α,β-unsaturated/α-hetero) is 1. The summed E-state index contributed by atoms with van der Waals surface area (Å²) in [6.07, 6.45) is 3.08. The number of ketones is 1. The van der Waals surface area contributed by atoms with Crippen molar-refractivity contribution in [3.05, 3.63) is 0 Å². The highest BCUT2D eigenvalue weighted by Crippen LogP contribution is 2.17. The Bertz CT molecular complexity index is 464. The van der Waals surface area contributed by atoms with Crippen molar-refractivity contribution in [2.45, 2.75) is 57.7 Å². The molecule has 0 radical (unpaired) electrons. The Morgan fingerprint density at radius 2 is 1.87 bits per heavy atom. The van der Waals surface area contributed by atoms with E-state index < -0.39 is 12.1 Å². The topological polar surface area (TPSA) is 93.8 Å². The van der Waals surface area contributed by atoms with Gasteiger partial charge in [0, 0.05) is 20.1 Å². The molecule has 0 saturated carbocycles. The molecule has 8 nitrogen and oxygen atoms in total. The first-order chi connectivity index (χ1) is 10.9. The van der Waals surface area contributed by atoms with E-state index in [9.17, 15) is 14.4 Å². The number of hydrogen-bond donors (Lipinski definition) is 3. The quantitative estimate of drug-likeness (QED) is 0.625. The summed E-state index contributed by atoms with van der Waals surface area (Å²) in [5.74, 6) is -0.392. The Hall–Kier alpha value is -1.51. The van der Waals surface area contributed by atoms with Crippen molar-refractivity contribution in [1.82, 2.24) is 26.2 Å². The Morgan fingerprint density at radius 3 is 2.48 bits per heavy atom. The van der Waals surface area contributed by atoms with Crippen LogP contribution in [0.4, 0.5) is 0 Å². The van der Waals surface area contributed by atoms with Crippen LogP contribution < -0.4 is 16.3 Å². The molecule has 0 aromatic carbocycles. The number of nitrogens with one attached hydrogen (secondary N) is 3. The zero-order valence-electron chi connectivity index (χ0n) is 14.1. The number of carbonyl (C=O) groups is 3. The van der Waals surface area contributed by atoms with Crippen LogP contribution in [-0.2, 0) is 14.4 Å². The summed E-state index contributed by atoms with van der Waals surface area (Å²) in [5, 5.41) is 1.46. The van der Waals surface area contributed by atoms with Crippen molar-refractivity contribution < 1.29 is 14.4 Å². The SMILES string of the molecule is CC(=O)[C@H](C)N(C)C(=O)[C@H]1CCCNN1C(=O)[C@@H]1CCCNN1. The second-order valence-corrected chi connectivity index (χ2v) is 6.28. The molecule has 130 valence electrons. The van der Waals surface area contributed by atoms with Gasteiger partial charge in [-0.3, -0.25) is 24.8 Å². The molecule has 3 atom stereocenters. The van der Waals surface area contributed by atoms with Gasteiger partial charge in [-0.15, -0.1) is 0 Å². The first-order valence-electron chi connectivity index (χ1n) is 8.25. The Kier molecular flexibility index (Phi) is 6.09. The summed E-state index contributed by atoms with van der Waals surface area (Å²) in [6, 6.07) is -1.39. The van der Waals surface area contributed by atoms with Crippen LogP contribution in [-0.4, -0.2) is 65.8 Å². The van der Waals surface area contributed by atoms with E-state index in [0.717, 1.165) is 25.8 Å². The number of carbonyl (C=O) groups excluding carboxylic acids is 3. The third kappa shape index (κ3) is 4.07. The lowest BCUT2D eigenvalue weighted by Crippen LogP contribution is -2.64. The zero-order chi connectivity index (χ0) is 17.0. The van der Waals surface area contributed by atoms with E-state index in [1.807, 2.05) is 0 Å². The van der Waals surface area contributed by atoms with E-state index in [1.54, 1.807) is 14.0 Å². The van der Waals surface area contributed by atoms with Crippen molar-refractivity contribution in [3.8, 4) is 0 Å². The molecular formula is C15H27N5O3. The fourth-order valence-electron chi connectivity index (χ4n) is 2.91. The van der Waals surface area contributed by atoms with Gasteiger partial charge in [-0.05, 0) is 39.5 Å². The van der Waals surface area contributed by atoms with E-state index >= 15 is 0 Å². The van der Waals surface area contributed by atoms with Gasteiger partial charge >= 0.3 is 0 Å². The molecule has 2 heterocycles. The lowest BCUT2D eigenvalue weighted by molar-refractivity contribution is -0.154. The van der Waals surface area contributed by atoms with E-state index in [1.165, 1.54) is 16.8 Å². The van der Waals surface area contributed by atoms with Gasteiger partial charge in [-0.1, -0.05) is 0 Å². The minimum absolute atomic E-state index is 0.0688. The van der Waals surface area contributed by atoms with Gasteiger partial charge in [0.25, 0.3) is 5.91 Å². The maximum Gasteiger partial charge on any atom is 0.255 e. The molecule has 0 unspecified atom stereocenters. The number of hydrogen-bond acceptors (Lipinski definition) is 6. The third-order valence-corrected chi connectivity index (χ3v) is 4.66. The van der Waals surface area contributed by atoms with Crippen LogP contribution >= 0.6 is 0 Å². The number of amides is 2. The summed E-state index contributed by atoms with van der Waals surface area (Å²) < 4.78 is 0. The van der Waals surface area contributed by atoms with Crippen molar-refractivity contribution in [2.75, 3.05) is 20.1 Å². The highest BCUT2D eigenvalue weighted by Gasteiger charge is 2.38. The number of likely N-dealkylation sites (N-methyl/N-ethyl adjacent to an activating group) is 1. The molecule has 0 aliphatic carbocycles. The number of nitrogens with zero attached hydrogens (tertiary/aromatic N) is 2. The molecular weight excluding hydrogens is 298 g/mol. The first-order valence-corrected chi connectivity index (χ1v) is 8.25. The van der Waals surface area contributed by atoms with Gasteiger partial charge in [-0.25, -0.2) is 10.9 Å². The molecule has 2 fully saturated rings. The van der Waals surface area contributed by atoms with E-state index in [2.05, 4.69) is 16.3 Å². The standard InChI is InChI=1S/C15H27N5O3/c1-10(11(2)21)19(3)15(23)13-7-5-9-17-20(13)14(22)12-6-4-8-16-18-12/h10,12-13,16-18H,4-9H2,1-3H3/t10-,12-,13+/m0/s1. The average Bonchev–Trinajstić information content (AvgIpc) is 2.59. The molecule has 2 rings (SSSR count). The summed E-state index contributed by atoms with van der Waals surface area (Å²) >= 11 is 0. The average molecular weight is 325 g/mol. The van der Waals surface area contributed by atoms with Gasteiger partial charge in [0.1, 0.15) is 12.1 Å². The molecule has 3 N–H and O–H groups in total. The maximum atomic E-state index is 12.7. The van der Waals surface area contributed by atoms with Crippen molar-refractivity contribution in [3.63, 3.8) is 0 Å². The predicted molar refractivity (Wildman–Crippen MR) is 84.9 cm³/mol. The first kappa shape index (κ1) is 17.8. The molecule has 2 amide bonds. The molecule has 0 aromatic rings. The molecule has 0 bridgehead atoms. The van der Waals surface area contributed by atoms with Crippen LogP contribution in [0, 0.1) is 0 Å². The minimum atomic E-state index is -0.563. The van der Waals surface area contributed by atoms with Gasteiger partial charge in [0.05, 0.1) is 6.04 Å². The minimum Gasteiger partial charge on any atom is -0.334 e.